The number of rotatable bonds is 43. The fourth-order valence-corrected chi connectivity index (χ4v) is 7.20. The molecule has 0 aromatic heterocycles. The van der Waals surface area contributed by atoms with Gasteiger partial charge in [-0.15, -0.1) is 0 Å². The van der Waals surface area contributed by atoms with Gasteiger partial charge in [-0.3, -0.25) is 13.8 Å². The number of unbranched alkanes of at least 4 members (excludes halogenated alkanes) is 27. The van der Waals surface area contributed by atoms with Crippen LogP contribution in [-0.2, 0) is 27.9 Å². The van der Waals surface area contributed by atoms with E-state index < -0.39 is 13.9 Å². The van der Waals surface area contributed by atoms with Crippen molar-refractivity contribution in [1.82, 2.24) is 0 Å². The molecule has 2 atom stereocenters. The Bertz CT molecular complexity index is 936. The van der Waals surface area contributed by atoms with E-state index >= 15 is 0 Å². The van der Waals surface area contributed by atoms with Gasteiger partial charge in [0, 0.05) is 6.42 Å². The lowest BCUT2D eigenvalue weighted by atomic mass is 10.0. The number of phosphoric ester groups is 1. The van der Waals surface area contributed by atoms with E-state index in [-0.39, 0.29) is 25.8 Å². The van der Waals surface area contributed by atoms with Crippen molar-refractivity contribution in [3.8, 4) is 0 Å². The number of carbonyl (C=O) groups is 1. The third-order valence-corrected chi connectivity index (χ3v) is 11.1. The lowest BCUT2D eigenvalue weighted by molar-refractivity contribution is -0.870. The Morgan fingerprint density at radius 3 is 1.40 bits per heavy atom. The van der Waals surface area contributed by atoms with Gasteiger partial charge in [0.05, 0.1) is 34.0 Å². The second kappa shape index (κ2) is 39.6. The lowest BCUT2D eigenvalue weighted by Crippen LogP contribution is -2.37. The minimum Gasteiger partial charge on any atom is -0.498 e. The molecule has 0 fully saturated rings. The first-order valence-corrected chi connectivity index (χ1v) is 24.6. The fourth-order valence-electron chi connectivity index (χ4n) is 6.45. The predicted molar refractivity (Wildman–Crippen MR) is 233 cm³/mol. The number of esters is 1. The Morgan fingerprint density at radius 1 is 0.564 bits per heavy atom. The average molecular weight is 801 g/mol. The van der Waals surface area contributed by atoms with Crippen molar-refractivity contribution in [2.45, 2.75) is 219 Å². The summed E-state index contributed by atoms with van der Waals surface area (Å²) < 4.78 is 34.8. The van der Waals surface area contributed by atoms with Crippen molar-refractivity contribution in [1.29, 1.82) is 0 Å². The second-order valence-electron chi connectivity index (χ2n) is 16.9. The number of likely N-dealkylation sites (N-methyl/N-ethyl adjacent to an activating group) is 1. The van der Waals surface area contributed by atoms with Crippen LogP contribution in [0.25, 0.3) is 0 Å². The molecule has 0 aliphatic carbocycles. The van der Waals surface area contributed by atoms with Crippen LogP contribution in [0.4, 0.5) is 0 Å². The van der Waals surface area contributed by atoms with Gasteiger partial charge in [-0.2, -0.15) is 0 Å². The molecule has 0 aromatic rings. The second-order valence-corrected chi connectivity index (χ2v) is 18.3. The summed E-state index contributed by atoms with van der Waals surface area (Å²) in [5.74, 6) is -0.349. The van der Waals surface area contributed by atoms with Crippen molar-refractivity contribution in [3.05, 3.63) is 24.5 Å². The van der Waals surface area contributed by atoms with Crippen LogP contribution < -0.4 is 0 Å². The molecule has 1 unspecified atom stereocenters. The Morgan fingerprint density at radius 2 is 0.964 bits per heavy atom. The summed E-state index contributed by atoms with van der Waals surface area (Å²) in [6, 6.07) is 0. The van der Waals surface area contributed by atoms with Gasteiger partial charge in [-0.05, 0) is 51.0 Å². The number of quaternary nitrogens is 1. The zero-order valence-electron chi connectivity index (χ0n) is 36.9. The van der Waals surface area contributed by atoms with Gasteiger partial charge in [0.1, 0.15) is 19.8 Å². The molecule has 0 amide bonds. The number of nitrogens with zero attached hydrogens (tertiary/aromatic N) is 1. The number of ether oxygens (including phenoxy) is 2. The van der Waals surface area contributed by atoms with Crippen LogP contribution in [0.1, 0.15) is 213 Å². The maximum atomic E-state index is 12.7. The molecule has 326 valence electrons. The van der Waals surface area contributed by atoms with Crippen LogP contribution in [0, 0.1) is 0 Å². The number of phosphoric acid groups is 1. The van der Waals surface area contributed by atoms with Crippen LogP contribution in [0.5, 0.6) is 0 Å². The lowest BCUT2D eigenvalue weighted by Gasteiger charge is -2.24. The maximum Gasteiger partial charge on any atom is 0.472 e. The minimum atomic E-state index is -4.29. The van der Waals surface area contributed by atoms with Gasteiger partial charge in [0.2, 0.25) is 0 Å². The Labute approximate surface area is 341 Å². The van der Waals surface area contributed by atoms with Crippen LogP contribution in [-0.4, -0.2) is 69.0 Å². The SMILES string of the molecule is CCCCCCCCCC/C=C/CCCCCC(=O)O[C@H](CO/C=C/CCCCCCCCCCCCCCCCCC)COP(=O)(O)OCC[N+](C)(C)C. The summed E-state index contributed by atoms with van der Waals surface area (Å²) in [7, 11) is 1.63. The highest BCUT2D eigenvalue weighted by atomic mass is 31.2. The average Bonchev–Trinajstić information content (AvgIpc) is 3.13. The molecule has 0 bridgehead atoms. The van der Waals surface area contributed by atoms with E-state index in [1.807, 2.05) is 27.2 Å². The predicted octanol–water partition coefficient (Wildman–Crippen LogP) is 14.0. The van der Waals surface area contributed by atoms with Crippen molar-refractivity contribution in [3.63, 3.8) is 0 Å². The van der Waals surface area contributed by atoms with Crippen molar-refractivity contribution < 1.29 is 37.3 Å². The Balaban J connectivity index is 4.25. The summed E-state index contributed by atoms with van der Waals surface area (Å²) in [6.07, 6.45) is 46.0. The van der Waals surface area contributed by atoms with Crippen LogP contribution in [0.2, 0.25) is 0 Å². The van der Waals surface area contributed by atoms with Gasteiger partial charge in [-0.25, -0.2) is 4.57 Å². The molecule has 0 aliphatic heterocycles. The quantitative estimate of drug-likeness (QED) is 0.0164. The van der Waals surface area contributed by atoms with Crippen molar-refractivity contribution >= 4 is 13.8 Å². The highest BCUT2D eigenvalue weighted by Crippen LogP contribution is 2.43. The molecular weight excluding hydrogens is 709 g/mol. The first-order chi connectivity index (χ1) is 26.6. The maximum absolute atomic E-state index is 12.7. The first-order valence-electron chi connectivity index (χ1n) is 23.1. The van der Waals surface area contributed by atoms with E-state index in [2.05, 4.69) is 26.0 Å². The molecule has 55 heavy (non-hydrogen) atoms. The standard InChI is InChI=1S/C46H90NO7P/c1-6-8-10-12-14-16-18-20-22-23-24-26-28-30-32-34-36-38-41-51-43-45(44-53-55(49,50)52-42-40-47(3,4)5)54-46(48)39-37-35-33-31-29-27-25-21-19-17-15-13-11-9-7-2/h27,29,38,41,45H,6-26,28,30-37,39-40,42-44H2,1-5H3/p+1/b29-27+,41-38+/t45-/m1/s1. The zero-order valence-corrected chi connectivity index (χ0v) is 37.8. The molecule has 0 heterocycles. The monoisotopic (exact) mass is 801 g/mol. The largest absolute Gasteiger partial charge is 0.498 e. The molecule has 0 aromatic carbocycles. The van der Waals surface area contributed by atoms with Gasteiger partial charge in [0.25, 0.3) is 0 Å². The van der Waals surface area contributed by atoms with E-state index in [4.69, 9.17) is 18.5 Å². The molecule has 0 spiro atoms. The molecule has 8 nitrogen and oxygen atoms in total. The van der Waals surface area contributed by atoms with Crippen LogP contribution in [0.15, 0.2) is 24.5 Å². The normalized spacial score (nSPS) is 13.9. The number of allylic oxidation sites excluding steroid dienone is 3. The molecule has 9 heteroatoms. The Kier molecular flexibility index (Phi) is 38.8. The summed E-state index contributed by atoms with van der Waals surface area (Å²) in [6.45, 7) is 4.94. The summed E-state index contributed by atoms with van der Waals surface area (Å²) >= 11 is 0. The third kappa shape index (κ3) is 43.8. The number of hydrogen-bond acceptors (Lipinski definition) is 6. The Hall–Kier alpha value is -1.18. The van der Waals surface area contributed by atoms with Crippen molar-refractivity contribution in [2.24, 2.45) is 0 Å². The topological polar surface area (TPSA) is 91.3 Å². The van der Waals surface area contributed by atoms with E-state index in [0.29, 0.717) is 17.4 Å². The smallest absolute Gasteiger partial charge is 0.472 e. The first kappa shape index (κ1) is 53.8. The zero-order chi connectivity index (χ0) is 40.6. The highest BCUT2D eigenvalue weighted by Gasteiger charge is 2.26. The van der Waals surface area contributed by atoms with Crippen LogP contribution >= 0.6 is 7.82 Å². The van der Waals surface area contributed by atoms with Gasteiger partial charge in [-0.1, -0.05) is 174 Å². The summed E-state index contributed by atoms with van der Waals surface area (Å²) in [4.78, 5) is 22.9. The van der Waals surface area contributed by atoms with Gasteiger partial charge < -0.3 is 18.9 Å². The molecular formula is C46H91NO7P+. The van der Waals surface area contributed by atoms with E-state index in [1.165, 1.54) is 148 Å². The number of hydrogen-bond donors (Lipinski definition) is 1. The summed E-state index contributed by atoms with van der Waals surface area (Å²) in [5, 5.41) is 0. The van der Waals surface area contributed by atoms with E-state index in [0.717, 1.165) is 44.9 Å². The molecule has 0 saturated heterocycles. The van der Waals surface area contributed by atoms with E-state index in [1.54, 1.807) is 6.26 Å². The summed E-state index contributed by atoms with van der Waals surface area (Å²) in [5.41, 5.74) is 0. The van der Waals surface area contributed by atoms with Crippen molar-refractivity contribution in [2.75, 3.05) is 47.5 Å². The minimum absolute atomic E-state index is 0.0454. The van der Waals surface area contributed by atoms with Gasteiger partial charge in [0.15, 0.2) is 6.10 Å². The fraction of sp³-hybridized carbons (Fsp3) is 0.891. The van der Waals surface area contributed by atoms with Gasteiger partial charge >= 0.3 is 13.8 Å². The molecule has 1 N–H and O–H groups in total. The third-order valence-electron chi connectivity index (χ3n) is 10.1. The molecule has 0 aliphatic rings. The van der Waals surface area contributed by atoms with Crippen LogP contribution in [0.3, 0.4) is 0 Å². The molecule has 0 radical (unpaired) electrons. The highest BCUT2D eigenvalue weighted by molar-refractivity contribution is 7.47. The number of carbonyl (C=O) groups excluding carboxylic acids is 1. The molecule has 0 rings (SSSR count). The molecule has 0 saturated carbocycles. The van der Waals surface area contributed by atoms with E-state index in [9.17, 15) is 14.3 Å².